The van der Waals surface area contributed by atoms with Gasteiger partial charge in [0.05, 0.1) is 6.61 Å². The first-order chi connectivity index (χ1) is 14.7. The second-order valence-electron chi connectivity index (χ2n) is 7.44. The van der Waals surface area contributed by atoms with E-state index in [4.69, 9.17) is 18.9 Å². The lowest BCUT2D eigenvalue weighted by atomic mass is 9.94. The topological polar surface area (TPSA) is 172 Å². The summed E-state index contributed by atoms with van der Waals surface area (Å²) in [6.45, 7) is 0.549. The molecule has 5 N–H and O–H groups in total. The van der Waals surface area contributed by atoms with Crippen molar-refractivity contribution in [2.45, 2.75) is 68.7 Å². The molecule has 2 fully saturated rings. The van der Waals surface area contributed by atoms with Crippen LogP contribution in [0.15, 0.2) is 30.3 Å². The van der Waals surface area contributed by atoms with E-state index in [0.717, 1.165) is 0 Å². The summed E-state index contributed by atoms with van der Waals surface area (Å²) in [4.78, 5) is 24.1. The van der Waals surface area contributed by atoms with Crippen LogP contribution in [-0.2, 0) is 35.1 Å². The van der Waals surface area contributed by atoms with Crippen LogP contribution in [0.3, 0.4) is 0 Å². The number of hydrogen-bond acceptors (Lipinski definition) is 11. The second kappa shape index (κ2) is 10.1. The maximum absolute atomic E-state index is 12.4. The highest BCUT2D eigenvalue weighted by atomic mass is 16.7. The Morgan fingerprint density at radius 2 is 1.71 bits per heavy atom. The van der Waals surface area contributed by atoms with Gasteiger partial charge < -0.3 is 44.5 Å². The van der Waals surface area contributed by atoms with Crippen molar-refractivity contribution < 1.29 is 54.1 Å². The van der Waals surface area contributed by atoms with E-state index in [1.807, 2.05) is 0 Å². The van der Waals surface area contributed by atoms with Crippen LogP contribution < -0.4 is 0 Å². The number of benzene rings is 1. The molecule has 1 aromatic rings. The lowest BCUT2D eigenvalue weighted by Crippen LogP contribution is -2.64. The Kier molecular flexibility index (Phi) is 7.73. The molecule has 172 valence electrons. The van der Waals surface area contributed by atoms with Crippen LogP contribution in [0.4, 0.5) is 0 Å². The number of rotatable bonds is 6. The zero-order valence-corrected chi connectivity index (χ0v) is 16.7. The lowest BCUT2D eigenvalue weighted by Gasteiger charge is -2.44. The van der Waals surface area contributed by atoms with E-state index in [-0.39, 0.29) is 6.61 Å². The molecule has 2 aliphatic heterocycles. The summed E-state index contributed by atoms with van der Waals surface area (Å²) in [6.07, 6.45) is -14.0. The normalized spacial score (nSPS) is 38.6. The van der Waals surface area contributed by atoms with Crippen molar-refractivity contribution in [3.63, 3.8) is 0 Å². The fraction of sp³-hybridized carbons (Fsp3) is 0.600. The van der Waals surface area contributed by atoms with Gasteiger partial charge in [-0.1, -0.05) is 30.3 Å². The highest BCUT2D eigenvalue weighted by Crippen LogP contribution is 2.28. The Morgan fingerprint density at radius 1 is 1.03 bits per heavy atom. The minimum absolute atomic E-state index is 0.0853. The van der Waals surface area contributed by atoms with Gasteiger partial charge in [-0.2, -0.15) is 0 Å². The van der Waals surface area contributed by atoms with Gasteiger partial charge >= 0.3 is 5.97 Å². The summed E-state index contributed by atoms with van der Waals surface area (Å²) in [5.41, 5.74) is 0.701. The maximum atomic E-state index is 12.4. The molecule has 11 heteroatoms. The Balaban J connectivity index is 1.66. The first-order valence-electron chi connectivity index (χ1n) is 9.78. The fourth-order valence-electron chi connectivity index (χ4n) is 3.43. The molecular formula is C20H26O11. The van der Waals surface area contributed by atoms with Gasteiger partial charge in [-0.05, 0) is 12.5 Å². The van der Waals surface area contributed by atoms with E-state index in [0.29, 0.717) is 5.56 Å². The fourth-order valence-corrected chi connectivity index (χ4v) is 3.43. The Bertz CT molecular complexity index is 755. The van der Waals surface area contributed by atoms with Crippen molar-refractivity contribution in [2.75, 3.05) is 6.61 Å². The molecule has 7 unspecified atom stereocenters. The summed E-state index contributed by atoms with van der Waals surface area (Å²) in [5.74, 6) is -1.69. The van der Waals surface area contributed by atoms with Crippen LogP contribution in [0.25, 0.3) is 0 Å². The number of carbonyl (C=O) groups is 2. The van der Waals surface area contributed by atoms with Crippen molar-refractivity contribution >= 4 is 11.8 Å². The number of ether oxygens (including phenoxy) is 4. The van der Waals surface area contributed by atoms with Gasteiger partial charge in [-0.25, -0.2) is 4.79 Å². The summed E-state index contributed by atoms with van der Waals surface area (Å²) in [5, 5.41) is 50.4. The molecule has 0 radical (unpaired) electrons. The molecule has 0 aromatic heterocycles. The van der Waals surface area contributed by atoms with Crippen molar-refractivity contribution in [3.05, 3.63) is 35.9 Å². The number of carbonyl (C=O) groups excluding carboxylic acids is 2. The molecule has 2 aliphatic rings. The quantitative estimate of drug-likeness (QED) is 0.298. The molecule has 0 bridgehead atoms. The molecule has 0 aliphatic carbocycles. The van der Waals surface area contributed by atoms with E-state index in [1.165, 1.54) is 6.92 Å². The molecule has 2 heterocycles. The Hall–Kier alpha value is -1.96. The van der Waals surface area contributed by atoms with E-state index >= 15 is 0 Å². The third-order valence-corrected chi connectivity index (χ3v) is 5.24. The van der Waals surface area contributed by atoms with Gasteiger partial charge in [0.25, 0.3) is 0 Å². The zero-order chi connectivity index (χ0) is 22.7. The number of aliphatic hydroxyl groups is 5. The highest BCUT2D eigenvalue weighted by Gasteiger charge is 2.51. The predicted octanol–water partition coefficient (Wildman–Crippen LogP) is -2.37. The van der Waals surface area contributed by atoms with Crippen LogP contribution in [-0.4, -0.2) is 99.0 Å². The number of aliphatic hydroxyl groups excluding tert-OH is 5. The SMILES string of the molecule is CC1O[C@@H](O[C@@H]2C(CO)OC(C(=O)OCc3ccccc3)C(O)C2O)C(O)C(O)C1=O. The molecule has 3 rings (SSSR count). The number of ketones is 1. The molecule has 31 heavy (non-hydrogen) atoms. The third-order valence-electron chi connectivity index (χ3n) is 5.24. The minimum atomic E-state index is -1.78. The minimum Gasteiger partial charge on any atom is -0.459 e. The molecule has 11 nitrogen and oxygen atoms in total. The summed E-state index contributed by atoms with van der Waals surface area (Å²) < 4.78 is 21.2. The second-order valence-corrected chi connectivity index (χ2v) is 7.44. The molecule has 9 atom stereocenters. The van der Waals surface area contributed by atoms with Crippen LogP contribution in [0.5, 0.6) is 0 Å². The van der Waals surface area contributed by atoms with Gasteiger partial charge in [-0.3, -0.25) is 4.79 Å². The van der Waals surface area contributed by atoms with Gasteiger partial charge in [0, 0.05) is 0 Å². The van der Waals surface area contributed by atoms with Crippen LogP contribution >= 0.6 is 0 Å². The Morgan fingerprint density at radius 3 is 2.35 bits per heavy atom. The molecule has 2 saturated heterocycles. The molecular weight excluding hydrogens is 416 g/mol. The first-order valence-corrected chi connectivity index (χ1v) is 9.78. The first kappa shape index (κ1) is 23.7. The number of hydrogen-bond donors (Lipinski definition) is 5. The third kappa shape index (κ3) is 5.10. The van der Waals surface area contributed by atoms with E-state index < -0.39 is 73.5 Å². The van der Waals surface area contributed by atoms with E-state index in [2.05, 4.69) is 0 Å². The van der Waals surface area contributed by atoms with Crippen LogP contribution in [0, 0.1) is 0 Å². The van der Waals surface area contributed by atoms with Gasteiger partial charge in [0.2, 0.25) is 0 Å². The van der Waals surface area contributed by atoms with Crippen LogP contribution in [0.2, 0.25) is 0 Å². The van der Waals surface area contributed by atoms with E-state index in [9.17, 15) is 35.1 Å². The van der Waals surface area contributed by atoms with Crippen molar-refractivity contribution in [1.82, 2.24) is 0 Å². The Labute approximate surface area is 177 Å². The number of esters is 1. The standard InChI is InChI=1S/C20H26O11/c1-9-12(22)13(23)16(26)20(29-9)31-17-11(7-21)30-18(15(25)14(17)24)19(27)28-8-10-5-3-2-4-6-10/h2-6,9,11,13-18,20-21,23-26H,7-8H2,1H3/t9?,11?,13?,14?,15?,16?,17-,18?,20+/m1/s1. The predicted molar refractivity (Wildman–Crippen MR) is 100 cm³/mol. The van der Waals surface area contributed by atoms with Crippen molar-refractivity contribution in [2.24, 2.45) is 0 Å². The van der Waals surface area contributed by atoms with E-state index in [1.54, 1.807) is 30.3 Å². The van der Waals surface area contributed by atoms with Crippen molar-refractivity contribution in [1.29, 1.82) is 0 Å². The summed E-state index contributed by atoms with van der Waals surface area (Å²) >= 11 is 0. The average molecular weight is 442 g/mol. The molecule has 0 spiro atoms. The molecule has 0 saturated carbocycles. The lowest BCUT2D eigenvalue weighted by molar-refractivity contribution is -0.313. The summed E-state index contributed by atoms with van der Waals surface area (Å²) in [6, 6.07) is 8.78. The van der Waals surface area contributed by atoms with Crippen LogP contribution in [0.1, 0.15) is 12.5 Å². The van der Waals surface area contributed by atoms with Gasteiger partial charge in [-0.15, -0.1) is 0 Å². The molecule has 0 amide bonds. The molecule has 1 aromatic carbocycles. The van der Waals surface area contributed by atoms with Gasteiger partial charge in [0.15, 0.2) is 18.2 Å². The van der Waals surface area contributed by atoms with Crippen molar-refractivity contribution in [3.8, 4) is 0 Å². The zero-order valence-electron chi connectivity index (χ0n) is 16.7. The maximum Gasteiger partial charge on any atom is 0.338 e. The monoisotopic (exact) mass is 442 g/mol. The largest absolute Gasteiger partial charge is 0.459 e. The average Bonchev–Trinajstić information content (AvgIpc) is 2.78. The smallest absolute Gasteiger partial charge is 0.338 e. The van der Waals surface area contributed by atoms with Gasteiger partial charge in [0.1, 0.15) is 49.3 Å². The summed E-state index contributed by atoms with van der Waals surface area (Å²) in [7, 11) is 0. The highest BCUT2D eigenvalue weighted by molar-refractivity contribution is 5.88. The number of Topliss-reactive ketones (excluding diaryl/α,β-unsaturated/α-hetero) is 1.